The van der Waals surface area contributed by atoms with Gasteiger partial charge in [0.1, 0.15) is 0 Å². The Morgan fingerprint density at radius 2 is 1.86 bits per heavy atom. The molecular formula is C22H26. The van der Waals surface area contributed by atoms with Gasteiger partial charge in [-0.1, -0.05) is 69.8 Å². The molecular weight excluding hydrogens is 264 g/mol. The third-order valence-electron chi connectivity index (χ3n) is 4.19. The van der Waals surface area contributed by atoms with Crippen molar-refractivity contribution >= 4 is 12.2 Å². The minimum atomic E-state index is 1.06. The maximum atomic E-state index is 3.95. The lowest BCUT2D eigenvalue weighted by molar-refractivity contribution is 1.08. The highest BCUT2D eigenvalue weighted by molar-refractivity contribution is 5.82. The summed E-state index contributed by atoms with van der Waals surface area (Å²) >= 11 is 0. The summed E-state index contributed by atoms with van der Waals surface area (Å²) in [6.07, 6.45) is 8.38. The van der Waals surface area contributed by atoms with Crippen LogP contribution in [0.15, 0.2) is 43.0 Å². The summed E-state index contributed by atoms with van der Waals surface area (Å²) in [7, 11) is 0. The Morgan fingerprint density at radius 3 is 2.50 bits per heavy atom. The Kier molecular flexibility index (Phi) is 5.38. The molecule has 3 rings (SSSR count). The zero-order valence-corrected chi connectivity index (χ0v) is 14.2. The van der Waals surface area contributed by atoms with Crippen molar-refractivity contribution < 1.29 is 0 Å². The second-order valence-electron chi connectivity index (χ2n) is 5.32. The summed E-state index contributed by atoms with van der Waals surface area (Å²) < 4.78 is 0. The van der Waals surface area contributed by atoms with E-state index in [0.717, 1.165) is 12.8 Å². The van der Waals surface area contributed by atoms with Crippen LogP contribution in [0.1, 0.15) is 55.5 Å². The second-order valence-corrected chi connectivity index (χ2v) is 5.32. The first-order chi connectivity index (χ1) is 10.8. The van der Waals surface area contributed by atoms with Crippen LogP contribution < -0.4 is 0 Å². The van der Waals surface area contributed by atoms with E-state index in [-0.39, 0.29) is 0 Å². The molecule has 0 saturated carbocycles. The van der Waals surface area contributed by atoms with E-state index < -0.39 is 0 Å². The number of fused-ring (bicyclic) bond motifs is 3. The largest absolute Gasteiger partial charge is 0.0984 e. The molecule has 2 aromatic carbocycles. The van der Waals surface area contributed by atoms with Gasteiger partial charge in [0.25, 0.3) is 0 Å². The molecule has 0 heterocycles. The summed E-state index contributed by atoms with van der Waals surface area (Å²) in [6.45, 7) is 12.2. The lowest BCUT2D eigenvalue weighted by atomic mass is 9.97. The highest BCUT2D eigenvalue weighted by atomic mass is 14.2. The molecule has 0 atom stereocenters. The van der Waals surface area contributed by atoms with E-state index in [2.05, 4.69) is 62.9 Å². The molecule has 0 amide bonds. The van der Waals surface area contributed by atoms with Crippen LogP contribution in [0.5, 0.6) is 0 Å². The van der Waals surface area contributed by atoms with E-state index in [4.69, 9.17) is 0 Å². The Bertz CT molecular complexity index is 702. The number of hydrogen-bond donors (Lipinski definition) is 0. The summed E-state index contributed by atoms with van der Waals surface area (Å²) in [5.41, 5.74) is 9.73. The average Bonchev–Trinajstić information content (AvgIpc) is 2.94. The van der Waals surface area contributed by atoms with Crippen molar-refractivity contribution in [1.82, 2.24) is 0 Å². The smallest absolute Gasteiger partial charge is 0.00105 e. The fraction of sp³-hybridized carbons (Fsp3) is 0.273. The third kappa shape index (κ3) is 2.78. The van der Waals surface area contributed by atoms with E-state index in [0.29, 0.717) is 0 Å². The lowest BCUT2D eigenvalue weighted by Crippen LogP contribution is -1.89. The molecule has 0 aliphatic heterocycles. The lowest BCUT2D eigenvalue weighted by Gasteiger charge is -2.07. The number of allylic oxidation sites excluding steroid dienone is 1. The van der Waals surface area contributed by atoms with E-state index in [9.17, 15) is 0 Å². The normalized spacial score (nSPS) is 11.6. The quantitative estimate of drug-likeness (QED) is 0.515. The molecule has 1 aliphatic carbocycles. The van der Waals surface area contributed by atoms with Crippen LogP contribution in [0.3, 0.4) is 0 Å². The molecule has 22 heavy (non-hydrogen) atoms. The van der Waals surface area contributed by atoms with Crippen molar-refractivity contribution in [3.63, 3.8) is 0 Å². The predicted octanol–water partition coefficient (Wildman–Crippen LogP) is 6.52. The van der Waals surface area contributed by atoms with Crippen LogP contribution in [-0.2, 0) is 12.8 Å². The van der Waals surface area contributed by atoms with Gasteiger partial charge in [0.2, 0.25) is 0 Å². The molecule has 0 radical (unpaired) electrons. The van der Waals surface area contributed by atoms with E-state index in [1.54, 1.807) is 0 Å². The van der Waals surface area contributed by atoms with Gasteiger partial charge in [0, 0.05) is 0 Å². The molecule has 0 spiro atoms. The molecule has 0 bridgehead atoms. The summed E-state index contributed by atoms with van der Waals surface area (Å²) in [5, 5.41) is 0. The van der Waals surface area contributed by atoms with Crippen LogP contribution in [-0.4, -0.2) is 0 Å². The zero-order chi connectivity index (χ0) is 16.1. The van der Waals surface area contributed by atoms with Gasteiger partial charge >= 0.3 is 0 Å². The molecule has 0 nitrogen and oxygen atoms in total. The maximum absolute atomic E-state index is 3.95. The second kappa shape index (κ2) is 7.26. The minimum absolute atomic E-state index is 1.06. The molecule has 0 fully saturated rings. The summed E-state index contributed by atoms with van der Waals surface area (Å²) in [4.78, 5) is 0. The Labute approximate surface area is 135 Å². The molecule has 2 aromatic rings. The van der Waals surface area contributed by atoms with Crippen LogP contribution in [0.4, 0.5) is 0 Å². The molecule has 0 aromatic heterocycles. The van der Waals surface area contributed by atoms with Gasteiger partial charge in [-0.25, -0.2) is 0 Å². The number of benzene rings is 2. The van der Waals surface area contributed by atoms with Crippen LogP contribution in [0.2, 0.25) is 0 Å². The topological polar surface area (TPSA) is 0 Å². The van der Waals surface area contributed by atoms with Crippen molar-refractivity contribution in [2.24, 2.45) is 0 Å². The monoisotopic (exact) mass is 290 g/mol. The van der Waals surface area contributed by atoms with E-state index in [1.807, 2.05) is 19.9 Å². The first-order valence-electron chi connectivity index (χ1n) is 8.31. The SMILES string of the molecule is C=Cc1cc2c(cc1/C=C\C)-c1cccc(CC)c1C2.CC. The third-order valence-corrected chi connectivity index (χ3v) is 4.19. The van der Waals surface area contributed by atoms with Gasteiger partial charge in [-0.3, -0.25) is 0 Å². The van der Waals surface area contributed by atoms with Crippen molar-refractivity contribution in [3.8, 4) is 11.1 Å². The first-order valence-corrected chi connectivity index (χ1v) is 8.31. The first kappa shape index (κ1) is 16.3. The van der Waals surface area contributed by atoms with Gasteiger partial charge in [-0.15, -0.1) is 0 Å². The number of aryl methyl sites for hydroxylation is 1. The number of rotatable bonds is 3. The highest BCUT2D eigenvalue weighted by Gasteiger charge is 2.21. The van der Waals surface area contributed by atoms with E-state index >= 15 is 0 Å². The van der Waals surface area contributed by atoms with Gasteiger partial charge in [-0.2, -0.15) is 0 Å². The Hall–Kier alpha value is -2.08. The molecule has 0 N–H and O–H groups in total. The standard InChI is InChI=1S/C20H20.C2H6/c1-4-8-16-12-20-17(11-15(16)6-3)13-19-14(5-2)9-7-10-18(19)20;1-2/h4,6-12H,3,5,13H2,1-2H3;1-2H3/b8-4-;. The molecule has 0 saturated heterocycles. The highest BCUT2D eigenvalue weighted by Crippen LogP contribution is 2.40. The minimum Gasteiger partial charge on any atom is -0.0984 e. The fourth-order valence-corrected chi connectivity index (χ4v) is 3.20. The van der Waals surface area contributed by atoms with Crippen molar-refractivity contribution in [1.29, 1.82) is 0 Å². The summed E-state index contributed by atoms with van der Waals surface area (Å²) in [6, 6.07) is 11.3. The van der Waals surface area contributed by atoms with Gasteiger partial charge < -0.3 is 0 Å². The van der Waals surface area contributed by atoms with E-state index in [1.165, 1.54) is 38.9 Å². The van der Waals surface area contributed by atoms with Gasteiger partial charge in [-0.05, 0) is 64.8 Å². The van der Waals surface area contributed by atoms with Crippen molar-refractivity contribution in [2.45, 2.75) is 40.5 Å². The Balaban J connectivity index is 0.000000847. The zero-order valence-electron chi connectivity index (χ0n) is 14.2. The molecule has 1 aliphatic rings. The molecule has 0 heteroatoms. The van der Waals surface area contributed by atoms with Crippen LogP contribution >= 0.6 is 0 Å². The van der Waals surface area contributed by atoms with Crippen molar-refractivity contribution in [3.05, 3.63) is 70.8 Å². The molecule has 114 valence electrons. The van der Waals surface area contributed by atoms with Gasteiger partial charge in [0.05, 0.1) is 0 Å². The van der Waals surface area contributed by atoms with Gasteiger partial charge in [0.15, 0.2) is 0 Å². The molecule has 0 unspecified atom stereocenters. The van der Waals surface area contributed by atoms with Crippen LogP contribution in [0.25, 0.3) is 23.3 Å². The predicted molar refractivity (Wildman–Crippen MR) is 100 cm³/mol. The maximum Gasteiger partial charge on any atom is -0.00105 e. The number of hydrogen-bond acceptors (Lipinski definition) is 0. The average molecular weight is 290 g/mol. The van der Waals surface area contributed by atoms with Crippen LogP contribution in [0, 0.1) is 0 Å². The Morgan fingerprint density at radius 1 is 1.09 bits per heavy atom. The fourth-order valence-electron chi connectivity index (χ4n) is 3.20. The summed E-state index contributed by atoms with van der Waals surface area (Å²) in [5.74, 6) is 0. The van der Waals surface area contributed by atoms with Crippen molar-refractivity contribution in [2.75, 3.05) is 0 Å².